The molecule has 5 aromatic rings. The van der Waals surface area contributed by atoms with E-state index in [-0.39, 0.29) is 24.2 Å². The second-order valence-corrected chi connectivity index (χ2v) is 12.0. The first-order valence-corrected chi connectivity index (χ1v) is 15.8. The number of ether oxygens (including phenoxy) is 1. The first kappa shape index (κ1) is 32.2. The Labute approximate surface area is 269 Å². The molecule has 4 aromatic carbocycles. The molecule has 0 saturated heterocycles. The molecule has 236 valence electrons. The Bertz CT molecular complexity index is 1810. The highest BCUT2D eigenvalue weighted by Crippen LogP contribution is 2.31. The van der Waals surface area contributed by atoms with Gasteiger partial charge in [-0.25, -0.2) is 0 Å². The molecule has 0 bridgehead atoms. The summed E-state index contributed by atoms with van der Waals surface area (Å²) >= 11 is 0. The summed E-state index contributed by atoms with van der Waals surface area (Å²) in [7, 11) is 0. The molecular formula is C39H40N2O5. The van der Waals surface area contributed by atoms with E-state index >= 15 is 0 Å². The van der Waals surface area contributed by atoms with Crippen LogP contribution in [0.15, 0.2) is 109 Å². The van der Waals surface area contributed by atoms with Crippen LogP contribution in [0.1, 0.15) is 79.2 Å². The number of benzene rings is 4. The van der Waals surface area contributed by atoms with Crippen molar-refractivity contribution in [3.63, 3.8) is 0 Å². The highest BCUT2D eigenvalue weighted by Gasteiger charge is 2.25. The number of carboxylic acid groups (broad SMARTS) is 1. The summed E-state index contributed by atoms with van der Waals surface area (Å²) < 4.78 is 8.39. The molecule has 2 N–H and O–H groups in total. The van der Waals surface area contributed by atoms with Crippen LogP contribution in [-0.4, -0.2) is 27.3 Å². The monoisotopic (exact) mass is 616 g/mol. The lowest BCUT2D eigenvalue weighted by Crippen LogP contribution is -2.25. The fraction of sp³-hybridized carbons (Fsp3) is 0.256. The maximum Gasteiger partial charge on any atom is 0.303 e. The zero-order chi connectivity index (χ0) is 32.6. The summed E-state index contributed by atoms with van der Waals surface area (Å²) in [6.45, 7) is 6.35. The van der Waals surface area contributed by atoms with E-state index in [1.54, 1.807) is 24.3 Å². The molecule has 0 spiro atoms. The molecular weight excluding hydrogens is 576 g/mol. The molecule has 1 aromatic heterocycles. The van der Waals surface area contributed by atoms with Crippen LogP contribution in [0.25, 0.3) is 10.9 Å². The maximum absolute atomic E-state index is 14.0. The molecule has 0 aliphatic carbocycles. The summed E-state index contributed by atoms with van der Waals surface area (Å²) in [5.74, 6) is -0.454. The van der Waals surface area contributed by atoms with Gasteiger partial charge in [-0.05, 0) is 61.1 Å². The maximum atomic E-state index is 14.0. The molecule has 2 atom stereocenters. The highest BCUT2D eigenvalue weighted by atomic mass is 16.5. The van der Waals surface area contributed by atoms with Gasteiger partial charge in [0, 0.05) is 51.9 Å². The molecule has 0 fully saturated rings. The molecule has 1 amide bonds. The van der Waals surface area contributed by atoms with Crippen LogP contribution >= 0.6 is 0 Å². The van der Waals surface area contributed by atoms with Gasteiger partial charge in [-0.2, -0.15) is 0 Å². The van der Waals surface area contributed by atoms with Gasteiger partial charge >= 0.3 is 5.97 Å². The molecule has 0 aliphatic rings. The minimum Gasteiger partial charge on any atom is -0.481 e. The minimum absolute atomic E-state index is 0.0488. The number of nitrogens with zero attached hydrogens (tertiary/aromatic N) is 1. The summed E-state index contributed by atoms with van der Waals surface area (Å²) in [6, 6.07) is 31.7. The number of nitrogens with one attached hydrogen (secondary N) is 1. The normalized spacial score (nSPS) is 12.5. The zero-order valence-corrected chi connectivity index (χ0v) is 26.5. The summed E-state index contributed by atoms with van der Waals surface area (Å²) in [4.78, 5) is 38.9. The van der Waals surface area contributed by atoms with Crippen LogP contribution in [-0.2, 0) is 16.0 Å². The molecule has 7 heteroatoms. The van der Waals surface area contributed by atoms with E-state index in [9.17, 15) is 19.5 Å². The Kier molecular flexibility index (Phi) is 10.3. The van der Waals surface area contributed by atoms with Crippen LogP contribution in [0.3, 0.4) is 0 Å². The number of carboxylic acids is 1. The SMILES string of the molecule is CCC(CCC(=O)O)n1cc(C(=O)c2cccc(OC(C(=O)Nc3ccccc3)c3ccc(CC(C)C)cc3)c2)c2ccccc21. The Balaban J connectivity index is 1.45. The van der Waals surface area contributed by atoms with E-state index in [0.29, 0.717) is 40.5 Å². The third-order valence-corrected chi connectivity index (χ3v) is 8.10. The van der Waals surface area contributed by atoms with Gasteiger partial charge in [-0.1, -0.05) is 93.6 Å². The Morgan fingerprint density at radius 3 is 2.28 bits per heavy atom. The van der Waals surface area contributed by atoms with Crippen molar-refractivity contribution in [2.24, 2.45) is 5.92 Å². The van der Waals surface area contributed by atoms with E-state index in [2.05, 4.69) is 19.2 Å². The van der Waals surface area contributed by atoms with Crippen LogP contribution in [0.5, 0.6) is 5.75 Å². The average molecular weight is 617 g/mol. The molecule has 1 heterocycles. The number of fused-ring (bicyclic) bond motifs is 1. The first-order valence-electron chi connectivity index (χ1n) is 15.8. The smallest absolute Gasteiger partial charge is 0.303 e. The summed E-state index contributed by atoms with van der Waals surface area (Å²) in [5.41, 5.74) is 4.38. The summed E-state index contributed by atoms with van der Waals surface area (Å²) in [5, 5.41) is 13.0. The van der Waals surface area contributed by atoms with Gasteiger partial charge < -0.3 is 19.7 Å². The van der Waals surface area contributed by atoms with Crippen LogP contribution < -0.4 is 10.1 Å². The van der Waals surface area contributed by atoms with E-state index in [1.807, 2.05) is 96.6 Å². The Morgan fingerprint density at radius 1 is 0.870 bits per heavy atom. The van der Waals surface area contributed by atoms with Crippen LogP contribution in [0, 0.1) is 5.92 Å². The van der Waals surface area contributed by atoms with Gasteiger partial charge in [0.15, 0.2) is 5.78 Å². The summed E-state index contributed by atoms with van der Waals surface area (Å²) in [6.07, 6.45) is 3.06. The van der Waals surface area contributed by atoms with Crippen LogP contribution in [0.4, 0.5) is 5.69 Å². The van der Waals surface area contributed by atoms with Crippen LogP contribution in [0.2, 0.25) is 0 Å². The molecule has 5 rings (SSSR count). The number of carbonyl (C=O) groups excluding carboxylic acids is 2. The topological polar surface area (TPSA) is 97.6 Å². The van der Waals surface area contributed by atoms with Gasteiger partial charge in [0.05, 0.1) is 0 Å². The van der Waals surface area contributed by atoms with E-state index in [4.69, 9.17) is 4.74 Å². The lowest BCUT2D eigenvalue weighted by atomic mass is 9.99. The molecule has 2 unspecified atom stereocenters. The molecule has 0 saturated carbocycles. The van der Waals surface area contributed by atoms with Crippen molar-refractivity contribution in [3.8, 4) is 5.75 Å². The zero-order valence-electron chi connectivity index (χ0n) is 26.5. The quantitative estimate of drug-likeness (QED) is 0.122. The largest absolute Gasteiger partial charge is 0.481 e. The lowest BCUT2D eigenvalue weighted by molar-refractivity contribution is -0.137. The second kappa shape index (κ2) is 14.7. The van der Waals surface area contributed by atoms with E-state index in [0.717, 1.165) is 23.7 Å². The van der Waals surface area contributed by atoms with Crippen molar-refractivity contribution in [2.75, 3.05) is 5.32 Å². The fourth-order valence-corrected chi connectivity index (χ4v) is 5.82. The van der Waals surface area contributed by atoms with Crippen molar-refractivity contribution in [1.82, 2.24) is 4.57 Å². The number of ketones is 1. The second-order valence-electron chi connectivity index (χ2n) is 12.0. The predicted octanol–water partition coefficient (Wildman–Crippen LogP) is 8.65. The Morgan fingerprint density at radius 2 is 1.59 bits per heavy atom. The van der Waals surface area contributed by atoms with Gasteiger partial charge in [0.25, 0.3) is 5.91 Å². The van der Waals surface area contributed by atoms with Gasteiger partial charge in [0.2, 0.25) is 6.10 Å². The van der Waals surface area contributed by atoms with Crippen molar-refractivity contribution >= 4 is 34.3 Å². The number of carbonyl (C=O) groups is 3. The van der Waals surface area contributed by atoms with E-state index < -0.39 is 12.1 Å². The van der Waals surface area contributed by atoms with Crippen molar-refractivity contribution in [3.05, 3.63) is 132 Å². The van der Waals surface area contributed by atoms with Crippen molar-refractivity contribution in [2.45, 2.75) is 58.6 Å². The van der Waals surface area contributed by atoms with Gasteiger partial charge in [-0.15, -0.1) is 0 Å². The minimum atomic E-state index is -0.958. The predicted molar refractivity (Wildman–Crippen MR) is 181 cm³/mol. The fourth-order valence-electron chi connectivity index (χ4n) is 5.82. The number of anilines is 1. The molecule has 0 radical (unpaired) electrons. The number of aliphatic carboxylic acids is 1. The van der Waals surface area contributed by atoms with Gasteiger partial charge in [-0.3, -0.25) is 14.4 Å². The van der Waals surface area contributed by atoms with Gasteiger partial charge in [0.1, 0.15) is 5.75 Å². The standard InChI is InChI=1S/C39H40N2O5/c1-4-31(21-22-36(42)43)41-25-34(33-15-8-9-16-35(33)41)37(44)29-11-10-14-32(24-29)46-38(39(45)40-30-12-6-5-7-13-30)28-19-17-27(18-20-28)23-26(2)3/h5-20,24-26,31,38H,4,21-23H2,1-3H3,(H,40,45)(H,42,43). The number of rotatable bonds is 14. The first-order chi connectivity index (χ1) is 22.2. The molecule has 46 heavy (non-hydrogen) atoms. The third kappa shape index (κ3) is 7.72. The Hall–Kier alpha value is -5.17. The highest BCUT2D eigenvalue weighted by molar-refractivity contribution is 6.16. The van der Waals surface area contributed by atoms with Crippen molar-refractivity contribution in [1.29, 1.82) is 0 Å². The lowest BCUT2D eigenvalue weighted by Gasteiger charge is -2.20. The average Bonchev–Trinajstić information content (AvgIpc) is 3.44. The molecule has 0 aliphatic heterocycles. The number of aromatic nitrogens is 1. The number of amides is 1. The number of hydrogen-bond acceptors (Lipinski definition) is 4. The number of para-hydroxylation sites is 2. The number of hydrogen-bond donors (Lipinski definition) is 2. The van der Waals surface area contributed by atoms with E-state index in [1.165, 1.54) is 5.56 Å². The molecule has 7 nitrogen and oxygen atoms in total. The van der Waals surface area contributed by atoms with Crippen molar-refractivity contribution < 1.29 is 24.2 Å². The third-order valence-electron chi connectivity index (χ3n) is 8.10.